The topological polar surface area (TPSA) is 38.5 Å². The third-order valence-electron chi connectivity index (χ3n) is 5.70. The lowest BCUT2D eigenvalue weighted by Crippen LogP contribution is -2.55. The molecule has 0 spiro atoms. The molecule has 21 heavy (non-hydrogen) atoms. The van der Waals surface area contributed by atoms with Gasteiger partial charge >= 0.3 is 0 Å². The second kappa shape index (κ2) is 6.97. The predicted octanol–water partition coefficient (Wildman–Crippen LogP) is 3.28. The van der Waals surface area contributed by atoms with E-state index >= 15 is 0 Å². The van der Waals surface area contributed by atoms with Crippen molar-refractivity contribution in [1.82, 2.24) is 4.90 Å². The highest BCUT2D eigenvalue weighted by atomic mass is 16.5. The van der Waals surface area contributed by atoms with E-state index in [1.165, 1.54) is 25.7 Å². The summed E-state index contributed by atoms with van der Waals surface area (Å²) in [5.74, 6) is 1.67. The van der Waals surface area contributed by atoms with Crippen molar-refractivity contribution in [3.8, 4) is 0 Å². The van der Waals surface area contributed by atoms with Gasteiger partial charge in [-0.1, -0.05) is 20.8 Å². The van der Waals surface area contributed by atoms with Crippen molar-refractivity contribution < 1.29 is 4.74 Å². The smallest absolute Gasteiger partial charge is 0.0678 e. The first-order valence-corrected chi connectivity index (χ1v) is 8.90. The molecular weight excluding hydrogens is 260 g/mol. The quantitative estimate of drug-likeness (QED) is 0.868. The molecule has 1 saturated carbocycles. The van der Waals surface area contributed by atoms with Gasteiger partial charge in [0.2, 0.25) is 0 Å². The summed E-state index contributed by atoms with van der Waals surface area (Å²) in [5, 5.41) is 0. The zero-order chi connectivity index (χ0) is 15.6. The van der Waals surface area contributed by atoms with Crippen molar-refractivity contribution in [2.75, 3.05) is 19.6 Å². The van der Waals surface area contributed by atoms with Gasteiger partial charge in [-0.15, -0.1) is 0 Å². The molecule has 1 aliphatic heterocycles. The number of ether oxygens (including phenoxy) is 1. The lowest BCUT2D eigenvalue weighted by Gasteiger charge is -2.45. The molecule has 2 N–H and O–H groups in total. The second-order valence-electron chi connectivity index (χ2n) is 8.49. The molecule has 124 valence electrons. The standard InChI is InChI=1S/C18H36N2O/c1-13-11-20(12-14(2)21-13)17(10-19)15-6-8-16(9-7-15)18(3,4)5/h13-17H,6-12,19H2,1-5H3/t13-,14+,15?,16?,17?. The summed E-state index contributed by atoms with van der Waals surface area (Å²) < 4.78 is 5.88. The van der Waals surface area contributed by atoms with Gasteiger partial charge < -0.3 is 10.5 Å². The fourth-order valence-electron chi connectivity index (χ4n) is 4.50. The van der Waals surface area contributed by atoms with Crippen molar-refractivity contribution in [3.05, 3.63) is 0 Å². The fourth-order valence-corrected chi connectivity index (χ4v) is 4.50. The van der Waals surface area contributed by atoms with Gasteiger partial charge in [-0.05, 0) is 56.8 Å². The first-order valence-electron chi connectivity index (χ1n) is 8.90. The predicted molar refractivity (Wildman–Crippen MR) is 89.3 cm³/mol. The molecule has 0 aromatic carbocycles. The summed E-state index contributed by atoms with van der Waals surface area (Å²) in [6.45, 7) is 14.4. The highest BCUT2D eigenvalue weighted by Gasteiger charge is 2.36. The molecule has 1 saturated heterocycles. The maximum Gasteiger partial charge on any atom is 0.0678 e. The van der Waals surface area contributed by atoms with E-state index < -0.39 is 0 Å². The molecule has 0 amide bonds. The summed E-state index contributed by atoms with van der Waals surface area (Å²) in [6.07, 6.45) is 6.14. The molecule has 0 aromatic heterocycles. The molecule has 2 aliphatic rings. The largest absolute Gasteiger partial charge is 0.373 e. The van der Waals surface area contributed by atoms with Crippen LogP contribution in [0.4, 0.5) is 0 Å². The fraction of sp³-hybridized carbons (Fsp3) is 1.00. The van der Waals surface area contributed by atoms with Gasteiger partial charge in [-0.3, -0.25) is 4.90 Å². The van der Waals surface area contributed by atoms with Crippen molar-refractivity contribution in [2.24, 2.45) is 23.0 Å². The normalized spacial score (nSPS) is 37.4. The van der Waals surface area contributed by atoms with Crippen LogP contribution < -0.4 is 5.73 Å². The van der Waals surface area contributed by atoms with E-state index in [1.54, 1.807) is 0 Å². The molecule has 1 aliphatic carbocycles. The highest BCUT2D eigenvalue weighted by Crippen LogP contribution is 2.41. The van der Waals surface area contributed by atoms with E-state index in [0.29, 0.717) is 23.7 Å². The number of nitrogens with two attached hydrogens (primary N) is 1. The Balaban J connectivity index is 1.93. The summed E-state index contributed by atoms with van der Waals surface area (Å²) in [7, 11) is 0. The van der Waals surface area contributed by atoms with E-state index in [1.807, 2.05) is 0 Å². The number of nitrogens with zero attached hydrogens (tertiary/aromatic N) is 1. The Morgan fingerprint density at radius 2 is 1.57 bits per heavy atom. The van der Waals surface area contributed by atoms with Crippen molar-refractivity contribution >= 4 is 0 Å². The Morgan fingerprint density at radius 3 is 2.00 bits per heavy atom. The van der Waals surface area contributed by atoms with Crippen LogP contribution in [0, 0.1) is 17.3 Å². The molecule has 3 heteroatoms. The Hall–Kier alpha value is -0.120. The SMILES string of the molecule is C[C@@H]1CN(C(CN)C2CCC(C(C)(C)C)CC2)C[C@H](C)O1. The second-order valence-corrected chi connectivity index (χ2v) is 8.49. The van der Waals surface area contributed by atoms with Crippen molar-refractivity contribution in [3.63, 3.8) is 0 Å². The van der Waals surface area contributed by atoms with E-state index in [9.17, 15) is 0 Å². The van der Waals surface area contributed by atoms with Crippen LogP contribution in [0.3, 0.4) is 0 Å². The van der Waals surface area contributed by atoms with Gasteiger partial charge in [-0.2, -0.15) is 0 Å². The summed E-state index contributed by atoms with van der Waals surface area (Å²) in [5.41, 5.74) is 6.63. The van der Waals surface area contributed by atoms with Crippen molar-refractivity contribution in [2.45, 2.75) is 78.6 Å². The molecule has 2 fully saturated rings. The minimum Gasteiger partial charge on any atom is -0.373 e. The minimum absolute atomic E-state index is 0.341. The highest BCUT2D eigenvalue weighted by molar-refractivity contribution is 4.89. The lowest BCUT2D eigenvalue weighted by atomic mass is 9.68. The maximum absolute atomic E-state index is 6.16. The third-order valence-corrected chi connectivity index (χ3v) is 5.70. The minimum atomic E-state index is 0.341. The maximum atomic E-state index is 6.16. The molecule has 0 bridgehead atoms. The Morgan fingerprint density at radius 1 is 1.05 bits per heavy atom. The van der Waals surface area contributed by atoms with Gasteiger partial charge in [-0.25, -0.2) is 0 Å². The van der Waals surface area contributed by atoms with E-state index in [4.69, 9.17) is 10.5 Å². The molecule has 3 nitrogen and oxygen atoms in total. The zero-order valence-electron chi connectivity index (χ0n) is 14.8. The van der Waals surface area contributed by atoms with Crippen LogP contribution in [-0.2, 0) is 4.74 Å². The molecule has 0 aromatic rings. The molecule has 3 atom stereocenters. The third kappa shape index (κ3) is 4.43. The van der Waals surface area contributed by atoms with Crippen molar-refractivity contribution in [1.29, 1.82) is 0 Å². The Kier molecular flexibility index (Phi) is 5.72. The van der Waals surface area contributed by atoms with E-state index in [2.05, 4.69) is 39.5 Å². The lowest BCUT2D eigenvalue weighted by molar-refractivity contribution is -0.0888. The molecular formula is C18H36N2O. The number of hydrogen-bond donors (Lipinski definition) is 1. The van der Waals surface area contributed by atoms with Gasteiger partial charge in [0.05, 0.1) is 12.2 Å². The number of morpholine rings is 1. The van der Waals surface area contributed by atoms with Gasteiger partial charge in [0, 0.05) is 25.7 Å². The Labute approximate surface area is 131 Å². The molecule has 0 radical (unpaired) electrons. The van der Waals surface area contributed by atoms with Crippen LogP contribution in [0.5, 0.6) is 0 Å². The summed E-state index contributed by atoms with van der Waals surface area (Å²) >= 11 is 0. The summed E-state index contributed by atoms with van der Waals surface area (Å²) in [4.78, 5) is 2.61. The summed E-state index contributed by atoms with van der Waals surface area (Å²) in [6, 6.07) is 0.555. The molecule has 2 rings (SSSR count). The van der Waals surface area contributed by atoms with Gasteiger partial charge in [0.15, 0.2) is 0 Å². The molecule has 1 heterocycles. The van der Waals surface area contributed by atoms with E-state index in [0.717, 1.165) is 31.5 Å². The zero-order valence-corrected chi connectivity index (χ0v) is 14.8. The van der Waals surface area contributed by atoms with Crippen LogP contribution >= 0.6 is 0 Å². The Bertz CT molecular complexity index is 308. The number of rotatable bonds is 3. The number of hydrogen-bond acceptors (Lipinski definition) is 3. The molecule has 1 unspecified atom stereocenters. The van der Waals surface area contributed by atoms with Crippen LogP contribution in [0.25, 0.3) is 0 Å². The van der Waals surface area contributed by atoms with Gasteiger partial charge in [0.1, 0.15) is 0 Å². The first-order chi connectivity index (χ1) is 9.81. The first kappa shape index (κ1) is 17.2. The van der Waals surface area contributed by atoms with Crippen LogP contribution in [0.1, 0.15) is 60.3 Å². The average molecular weight is 296 g/mol. The van der Waals surface area contributed by atoms with Crippen LogP contribution in [0.15, 0.2) is 0 Å². The average Bonchev–Trinajstić information content (AvgIpc) is 2.38. The monoisotopic (exact) mass is 296 g/mol. The van der Waals surface area contributed by atoms with E-state index in [-0.39, 0.29) is 0 Å². The van der Waals surface area contributed by atoms with Gasteiger partial charge in [0.25, 0.3) is 0 Å². The van der Waals surface area contributed by atoms with Crippen LogP contribution in [0.2, 0.25) is 0 Å². The van der Waals surface area contributed by atoms with Crippen LogP contribution in [-0.4, -0.2) is 42.8 Å².